The summed E-state index contributed by atoms with van der Waals surface area (Å²) in [6, 6.07) is 0.477. The molecule has 2 unspecified atom stereocenters. The lowest BCUT2D eigenvalue weighted by Gasteiger charge is -2.54. The van der Waals surface area contributed by atoms with Crippen LogP contribution >= 0.6 is 0 Å². The second-order valence-electron chi connectivity index (χ2n) is 9.87. The zero-order valence-electron chi connectivity index (χ0n) is 19.7. The minimum absolute atomic E-state index is 0.315. The Kier molecular flexibility index (Phi) is 7.75. The van der Waals surface area contributed by atoms with Crippen molar-refractivity contribution in [1.29, 1.82) is 0 Å². The van der Waals surface area contributed by atoms with Crippen LogP contribution in [0.4, 0.5) is 0 Å². The van der Waals surface area contributed by atoms with Crippen LogP contribution in [0.5, 0.6) is 0 Å². The standard InChI is InChI=1S/C24H43N5O2/c1-3-25-23(27-20-18-21(31-4-2)24(20)10-5-6-11-24)26-12-13-28-14-16-29(17-15-28)22(30)19-8-7-9-19/h19-21H,3-18H2,1-2H3,(H2,25,26,27). The van der Waals surface area contributed by atoms with Gasteiger partial charge in [0, 0.05) is 63.3 Å². The highest BCUT2D eigenvalue weighted by Gasteiger charge is 2.56. The first-order chi connectivity index (χ1) is 15.2. The number of nitrogens with zero attached hydrogens (tertiary/aromatic N) is 3. The number of hydrogen-bond acceptors (Lipinski definition) is 4. The molecule has 2 N–H and O–H groups in total. The predicted molar refractivity (Wildman–Crippen MR) is 124 cm³/mol. The van der Waals surface area contributed by atoms with Crippen LogP contribution in [0.3, 0.4) is 0 Å². The molecule has 1 heterocycles. The molecule has 2 atom stereocenters. The molecule has 1 amide bonds. The van der Waals surface area contributed by atoms with Crippen molar-refractivity contribution in [1.82, 2.24) is 20.4 Å². The van der Waals surface area contributed by atoms with Gasteiger partial charge in [0.2, 0.25) is 5.91 Å². The molecule has 1 aliphatic heterocycles. The highest BCUT2D eigenvalue weighted by Crippen LogP contribution is 2.54. The SMILES string of the molecule is CCNC(=NCCN1CCN(C(=O)C2CCC2)CC1)NC1CC(OCC)C12CCCC2. The molecule has 0 aromatic heterocycles. The third kappa shape index (κ3) is 5.03. The van der Waals surface area contributed by atoms with E-state index in [0.717, 1.165) is 77.6 Å². The average Bonchev–Trinajstić information content (AvgIpc) is 3.25. The van der Waals surface area contributed by atoms with Gasteiger partial charge in [0.25, 0.3) is 0 Å². The van der Waals surface area contributed by atoms with Crippen LogP contribution in [0.15, 0.2) is 4.99 Å². The summed E-state index contributed by atoms with van der Waals surface area (Å²) in [6.45, 7) is 11.4. The summed E-state index contributed by atoms with van der Waals surface area (Å²) in [5.74, 6) is 1.67. The maximum Gasteiger partial charge on any atom is 0.225 e. The molecule has 31 heavy (non-hydrogen) atoms. The normalized spacial score (nSPS) is 29.0. The van der Waals surface area contributed by atoms with Crippen molar-refractivity contribution < 1.29 is 9.53 Å². The van der Waals surface area contributed by atoms with Crippen LogP contribution in [0, 0.1) is 11.3 Å². The van der Waals surface area contributed by atoms with E-state index >= 15 is 0 Å². The summed E-state index contributed by atoms with van der Waals surface area (Å²) >= 11 is 0. The first-order valence-electron chi connectivity index (χ1n) is 12.8. The second-order valence-corrected chi connectivity index (χ2v) is 9.87. The lowest BCUT2D eigenvalue weighted by atomic mass is 9.60. The number of guanidine groups is 1. The maximum atomic E-state index is 12.4. The van der Waals surface area contributed by atoms with E-state index in [1.807, 2.05) is 0 Å². The van der Waals surface area contributed by atoms with Crippen molar-refractivity contribution in [2.45, 2.75) is 77.4 Å². The number of carbonyl (C=O) groups excluding carboxylic acids is 1. The van der Waals surface area contributed by atoms with Crippen LogP contribution in [0.2, 0.25) is 0 Å². The minimum Gasteiger partial charge on any atom is -0.378 e. The number of hydrogen-bond donors (Lipinski definition) is 2. The topological polar surface area (TPSA) is 69.2 Å². The van der Waals surface area contributed by atoms with E-state index in [1.54, 1.807) is 0 Å². The van der Waals surface area contributed by atoms with Crippen molar-refractivity contribution >= 4 is 11.9 Å². The quantitative estimate of drug-likeness (QED) is 0.454. The van der Waals surface area contributed by atoms with Crippen LogP contribution < -0.4 is 10.6 Å². The Bertz CT molecular complexity index is 621. The number of ether oxygens (including phenoxy) is 1. The van der Waals surface area contributed by atoms with Crippen molar-refractivity contribution in [3.8, 4) is 0 Å². The van der Waals surface area contributed by atoms with Crippen molar-refractivity contribution in [2.24, 2.45) is 16.3 Å². The van der Waals surface area contributed by atoms with Gasteiger partial charge in [-0.3, -0.25) is 14.7 Å². The molecule has 7 heteroatoms. The van der Waals surface area contributed by atoms with E-state index in [1.165, 1.54) is 32.1 Å². The fourth-order valence-corrected chi connectivity index (χ4v) is 5.98. The molecule has 3 saturated carbocycles. The highest BCUT2D eigenvalue weighted by atomic mass is 16.5. The molecule has 0 bridgehead atoms. The summed E-state index contributed by atoms with van der Waals surface area (Å²) < 4.78 is 6.06. The van der Waals surface area contributed by atoms with Crippen LogP contribution in [0.1, 0.15) is 65.2 Å². The average molecular weight is 434 g/mol. The van der Waals surface area contributed by atoms with E-state index in [9.17, 15) is 4.79 Å². The van der Waals surface area contributed by atoms with Gasteiger partial charge in [-0.15, -0.1) is 0 Å². The van der Waals surface area contributed by atoms with Crippen LogP contribution in [-0.2, 0) is 9.53 Å². The molecule has 1 spiro atoms. The monoisotopic (exact) mass is 433 g/mol. The van der Waals surface area contributed by atoms with Crippen molar-refractivity contribution in [3.63, 3.8) is 0 Å². The third-order valence-corrected chi connectivity index (χ3v) is 8.17. The summed E-state index contributed by atoms with van der Waals surface area (Å²) in [4.78, 5) is 21.9. The first kappa shape index (κ1) is 22.8. The van der Waals surface area contributed by atoms with E-state index < -0.39 is 0 Å². The summed E-state index contributed by atoms with van der Waals surface area (Å²) in [6.07, 6.45) is 10.1. The van der Waals surface area contributed by atoms with Gasteiger partial charge in [0.15, 0.2) is 5.96 Å². The molecule has 1 saturated heterocycles. The van der Waals surface area contributed by atoms with E-state index in [0.29, 0.717) is 29.4 Å². The van der Waals surface area contributed by atoms with Gasteiger partial charge in [-0.05, 0) is 46.0 Å². The Hall–Kier alpha value is -1.34. The number of nitrogens with one attached hydrogen (secondary N) is 2. The molecule has 0 aromatic carbocycles. The lowest BCUT2D eigenvalue weighted by Crippen LogP contribution is -2.65. The lowest BCUT2D eigenvalue weighted by molar-refractivity contribution is -0.139. The number of piperazine rings is 1. The Morgan fingerprint density at radius 3 is 2.45 bits per heavy atom. The fraction of sp³-hybridized carbons (Fsp3) is 0.917. The van der Waals surface area contributed by atoms with E-state index in [4.69, 9.17) is 9.73 Å². The van der Waals surface area contributed by atoms with Crippen LogP contribution in [0.25, 0.3) is 0 Å². The number of rotatable bonds is 8. The third-order valence-electron chi connectivity index (χ3n) is 8.17. The number of carbonyl (C=O) groups is 1. The molecule has 176 valence electrons. The maximum absolute atomic E-state index is 12.4. The molecular formula is C24H43N5O2. The van der Waals surface area contributed by atoms with Gasteiger partial charge in [0.05, 0.1) is 12.6 Å². The molecule has 4 aliphatic rings. The zero-order chi connectivity index (χ0) is 21.7. The molecule has 0 radical (unpaired) electrons. The van der Waals surface area contributed by atoms with Gasteiger partial charge in [0.1, 0.15) is 0 Å². The molecule has 3 aliphatic carbocycles. The Morgan fingerprint density at radius 2 is 1.84 bits per heavy atom. The molecule has 7 nitrogen and oxygen atoms in total. The summed E-state index contributed by atoms with van der Waals surface area (Å²) in [5.41, 5.74) is 0.315. The molecular weight excluding hydrogens is 390 g/mol. The molecule has 0 aromatic rings. The van der Waals surface area contributed by atoms with Gasteiger partial charge in [-0.25, -0.2) is 0 Å². The van der Waals surface area contributed by atoms with Crippen molar-refractivity contribution in [2.75, 3.05) is 52.4 Å². The van der Waals surface area contributed by atoms with Gasteiger partial charge in [-0.1, -0.05) is 19.3 Å². The highest BCUT2D eigenvalue weighted by molar-refractivity contribution is 5.80. The second kappa shape index (κ2) is 10.5. The number of amides is 1. The van der Waals surface area contributed by atoms with Gasteiger partial charge < -0.3 is 20.3 Å². The Labute approximate surface area is 188 Å². The molecule has 4 rings (SSSR count). The van der Waals surface area contributed by atoms with Crippen LogP contribution in [-0.4, -0.2) is 86.2 Å². The van der Waals surface area contributed by atoms with Gasteiger partial charge in [-0.2, -0.15) is 0 Å². The Morgan fingerprint density at radius 1 is 1.10 bits per heavy atom. The molecule has 4 fully saturated rings. The van der Waals surface area contributed by atoms with E-state index in [2.05, 4.69) is 34.3 Å². The van der Waals surface area contributed by atoms with E-state index in [-0.39, 0.29) is 0 Å². The fourth-order valence-electron chi connectivity index (χ4n) is 5.98. The first-order valence-corrected chi connectivity index (χ1v) is 12.8. The summed E-state index contributed by atoms with van der Waals surface area (Å²) in [5, 5.41) is 7.19. The number of aliphatic imine (C=N–C) groups is 1. The summed E-state index contributed by atoms with van der Waals surface area (Å²) in [7, 11) is 0. The minimum atomic E-state index is 0.315. The largest absolute Gasteiger partial charge is 0.378 e. The van der Waals surface area contributed by atoms with Crippen molar-refractivity contribution in [3.05, 3.63) is 0 Å². The zero-order valence-corrected chi connectivity index (χ0v) is 19.7. The predicted octanol–water partition coefficient (Wildman–Crippen LogP) is 2.22. The Balaban J connectivity index is 1.23. The van der Waals surface area contributed by atoms with Gasteiger partial charge >= 0.3 is 0 Å². The smallest absolute Gasteiger partial charge is 0.225 e.